The molecule has 1 aromatic carbocycles. The van der Waals surface area contributed by atoms with Crippen molar-refractivity contribution in [2.75, 3.05) is 6.54 Å². The fourth-order valence-electron chi connectivity index (χ4n) is 2.04. The first kappa shape index (κ1) is 15.9. The van der Waals surface area contributed by atoms with E-state index in [0.29, 0.717) is 29.8 Å². The van der Waals surface area contributed by atoms with Crippen molar-refractivity contribution in [1.29, 1.82) is 0 Å². The zero-order chi connectivity index (χ0) is 15.4. The topological polar surface area (TPSA) is 62.4 Å². The summed E-state index contributed by atoms with van der Waals surface area (Å²) in [5.74, 6) is 1.05. The van der Waals surface area contributed by atoms with Gasteiger partial charge < -0.3 is 9.63 Å². The van der Waals surface area contributed by atoms with Gasteiger partial charge in [-0.3, -0.25) is 4.90 Å². The second-order valence-corrected chi connectivity index (χ2v) is 5.83. The van der Waals surface area contributed by atoms with Gasteiger partial charge in [-0.25, -0.2) is 0 Å². The maximum absolute atomic E-state index is 9.54. The summed E-state index contributed by atoms with van der Waals surface area (Å²) in [7, 11) is 0. The summed E-state index contributed by atoms with van der Waals surface area (Å²) >= 11 is 5.96. The molecule has 1 N–H and O–H groups in total. The van der Waals surface area contributed by atoms with Crippen LogP contribution < -0.4 is 0 Å². The van der Waals surface area contributed by atoms with E-state index in [4.69, 9.17) is 16.1 Å². The number of aromatic nitrogens is 2. The van der Waals surface area contributed by atoms with Crippen molar-refractivity contribution in [3.8, 4) is 11.5 Å². The molecule has 0 fully saturated rings. The van der Waals surface area contributed by atoms with Crippen LogP contribution in [0.1, 0.15) is 26.6 Å². The predicted octanol–water partition coefficient (Wildman–Crippen LogP) is 2.98. The van der Waals surface area contributed by atoms with E-state index in [1.54, 1.807) is 19.1 Å². The Balaban J connectivity index is 2.12. The van der Waals surface area contributed by atoms with Gasteiger partial charge in [-0.2, -0.15) is 4.98 Å². The van der Waals surface area contributed by atoms with Gasteiger partial charge in [-0.05, 0) is 39.0 Å². The minimum Gasteiger partial charge on any atom is -0.392 e. The van der Waals surface area contributed by atoms with Crippen molar-refractivity contribution in [2.24, 2.45) is 0 Å². The standard InChI is InChI=1S/C15H20ClN3O2/c1-10(2)19(8-11(3)20)9-14-17-15(21-18-14)12-5-4-6-13(16)7-12/h4-7,10-11,20H,8-9H2,1-3H3. The van der Waals surface area contributed by atoms with E-state index in [-0.39, 0.29) is 6.04 Å². The molecule has 6 heteroatoms. The second kappa shape index (κ2) is 7.02. The van der Waals surface area contributed by atoms with Gasteiger partial charge in [-0.15, -0.1) is 0 Å². The van der Waals surface area contributed by atoms with Gasteiger partial charge in [0.2, 0.25) is 0 Å². The Labute approximate surface area is 129 Å². The highest BCUT2D eigenvalue weighted by molar-refractivity contribution is 6.30. The summed E-state index contributed by atoms with van der Waals surface area (Å²) in [5, 5.41) is 14.2. The Morgan fingerprint density at radius 3 is 2.71 bits per heavy atom. The lowest BCUT2D eigenvalue weighted by Gasteiger charge is -2.26. The molecule has 0 spiro atoms. The smallest absolute Gasteiger partial charge is 0.258 e. The number of benzene rings is 1. The van der Waals surface area contributed by atoms with Crippen molar-refractivity contribution in [3.63, 3.8) is 0 Å². The molecule has 0 bridgehead atoms. The summed E-state index contributed by atoms with van der Waals surface area (Å²) in [6, 6.07) is 7.59. The third-order valence-corrected chi connectivity index (χ3v) is 3.35. The molecule has 0 amide bonds. The number of halogens is 1. The van der Waals surface area contributed by atoms with Crippen LogP contribution in [0, 0.1) is 0 Å². The Kier molecular flexibility index (Phi) is 5.33. The molecule has 2 rings (SSSR count). The van der Waals surface area contributed by atoms with E-state index in [9.17, 15) is 5.11 Å². The molecule has 0 saturated heterocycles. The maximum atomic E-state index is 9.54. The first-order valence-electron chi connectivity index (χ1n) is 6.96. The Bertz CT molecular complexity index is 584. The van der Waals surface area contributed by atoms with Crippen LogP contribution in [0.25, 0.3) is 11.5 Å². The lowest BCUT2D eigenvalue weighted by molar-refractivity contribution is 0.100. The first-order valence-corrected chi connectivity index (χ1v) is 7.34. The van der Waals surface area contributed by atoms with Gasteiger partial charge in [0.05, 0.1) is 12.6 Å². The molecule has 1 unspecified atom stereocenters. The Morgan fingerprint density at radius 2 is 2.10 bits per heavy atom. The van der Waals surface area contributed by atoms with Crippen LogP contribution in [-0.2, 0) is 6.54 Å². The van der Waals surface area contributed by atoms with Crippen LogP contribution in [0.3, 0.4) is 0 Å². The van der Waals surface area contributed by atoms with Crippen molar-refractivity contribution in [2.45, 2.75) is 39.5 Å². The lowest BCUT2D eigenvalue weighted by atomic mass is 10.2. The molecule has 0 aliphatic carbocycles. The van der Waals surface area contributed by atoms with E-state index in [2.05, 4.69) is 28.9 Å². The van der Waals surface area contributed by atoms with Crippen molar-refractivity contribution < 1.29 is 9.63 Å². The molecule has 0 radical (unpaired) electrons. The molecule has 5 nitrogen and oxygen atoms in total. The molecule has 2 aromatic rings. The Hall–Kier alpha value is -1.43. The Morgan fingerprint density at radius 1 is 1.33 bits per heavy atom. The first-order chi connectivity index (χ1) is 9.95. The minimum absolute atomic E-state index is 0.285. The average molecular weight is 310 g/mol. The van der Waals surface area contributed by atoms with Crippen molar-refractivity contribution in [1.82, 2.24) is 15.0 Å². The molecule has 1 aromatic heterocycles. The van der Waals surface area contributed by atoms with E-state index in [0.717, 1.165) is 5.56 Å². The molecule has 0 aliphatic rings. The number of hydrogen-bond acceptors (Lipinski definition) is 5. The quantitative estimate of drug-likeness (QED) is 0.889. The SMILES string of the molecule is CC(O)CN(Cc1noc(-c2cccc(Cl)c2)n1)C(C)C. The number of aliphatic hydroxyl groups is 1. The normalized spacial score (nSPS) is 13.1. The van der Waals surface area contributed by atoms with Crippen LogP contribution in [0.2, 0.25) is 5.02 Å². The molecule has 1 heterocycles. The number of rotatable bonds is 6. The number of aliphatic hydroxyl groups excluding tert-OH is 1. The fourth-order valence-corrected chi connectivity index (χ4v) is 2.23. The van der Waals surface area contributed by atoms with E-state index < -0.39 is 6.10 Å². The maximum Gasteiger partial charge on any atom is 0.258 e. The second-order valence-electron chi connectivity index (χ2n) is 5.40. The fraction of sp³-hybridized carbons (Fsp3) is 0.467. The van der Waals surface area contributed by atoms with Crippen LogP contribution in [-0.4, -0.2) is 38.8 Å². The van der Waals surface area contributed by atoms with E-state index in [1.807, 2.05) is 12.1 Å². The molecule has 0 aliphatic heterocycles. The van der Waals surface area contributed by atoms with E-state index >= 15 is 0 Å². The zero-order valence-electron chi connectivity index (χ0n) is 12.5. The third kappa shape index (κ3) is 4.52. The lowest BCUT2D eigenvalue weighted by Crippen LogP contribution is -2.36. The average Bonchev–Trinajstić information content (AvgIpc) is 2.86. The largest absolute Gasteiger partial charge is 0.392 e. The van der Waals surface area contributed by atoms with Crippen LogP contribution in [0.5, 0.6) is 0 Å². The van der Waals surface area contributed by atoms with Gasteiger partial charge in [0.25, 0.3) is 5.89 Å². The highest BCUT2D eigenvalue weighted by atomic mass is 35.5. The summed E-state index contributed by atoms with van der Waals surface area (Å²) in [4.78, 5) is 6.49. The molecule has 114 valence electrons. The van der Waals surface area contributed by atoms with Gasteiger partial charge in [-0.1, -0.05) is 22.8 Å². The molecule has 21 heavy (non-hydrogen) atoms. The van der Waals surface area contributed by atoms with Gasteiger partial charge in [0.1, 0.15) is 0 Å². The molecular formula is C15H20ClN3O2. The highest BCUT2D eigenvalue weighted by Crippen LogP contribution is 2.21. The van der Waals surface area contributed by atoms with Gasteiger partial charge >= 0.3 is 0 Å². The summed E-state index contributed by atoms with van der Waals surface area (Å²) in [6.07, 6.45) is -0.397. The predicted molar refractivity (Wildman–Crippen MR) is 82.0 cm³/mol. The number of nitrogens with zero attached hydrogens (tertiary/aromatic N) is 3. The minimum atomic E-state index is -0.397. The molecular weight excluding hydrogens is 290 g/mol. The summed E-state index contributed by atoms with van der Waals surface area (Å²) in [6.45, 7) is 7.01. The van der Waals surface area contributed by atoms with Crippen molar-refractivity contribution >= 4 is 11.6 Å². The molecule has 0 saturated carbocycles. The van der Waals surface area contributed by atoms with Crippen molar-refractivity contribution in [3.05, 3.63) is 35.1 Å². The monoisotopic (exact) mass is 309 g/mol. The van der Waals surface area contributed by atoms with Gasteiger partial charge in [0, 0.05) is 23.2 Å². The third-order valence-electron chi connectivity index (χ3n) is 3.11. The summed E-state index contributed by atoms with van der Waals surface area (Å²) < 4.78 is 5.28. The highest BCUT2D eigenvalue weighted by Gasteiger charge is 2.16. The number of hydrogen-bond donors (Lipinski definition) is 1. The van der Waals surface area contributed by atoms with E-state index in [1.165, 1.54) is 0 Å². The zero-order valence-corrected chi connectivity index (χ0v) is 13.2. The van der Waals surface area contributed by atoms with Crippen LogP contribution in [0.4, 0.5) is 0 Å². The van der Waals surface area contributed by atoms with Crippen LogP contribution >= 0.6 is 11.6 Å². The summed E-state index contributed by atoms with van der Waals surface area (Å²) in [5.41, 5.74) is 0.799. The van der Waals surface area contributed by atoms with Crippen LogP contribution in [0.15, 0.2) is 28.8 Å². The molecule has 1 atom stereocenters. The van der Waals surface area contributed by atoms with Gasteiger partial charge in [0.15, 0.2) is 5.82 Å².